The summed E-state index contributed by atoms with van der Waals surface area (Å²) in [5, 5.41) is 1.25. The minimum atomic E-state index is 0.109. The van der Waals surface area contributed by atoms with Gasteiger partial charge in [0.2, 0.25) is 0 Å². The van der Waals surface area contributed by atoms with Gasteiger partial charge >= 0.3 is 0 Å². The highest BCUT2D eigenvalue weighted by Crippen LogP contribution is 2.37. The van der Waals surface area contributed by atoms with E-state index in [1.165, 1.54) is 17.4 Å². The van der Waals surface area contributed by atoms with Gasteiger partial charge in [-0.3, -0.25) is 0 Å². The molecule has 0 aliphatic rings. The summed E-state index contributed by atoms with van der Waals surface area (Å²) < 4.78 is 7.22. The SMILES string of the molecule is CC(C)CCc1oc2ccc(Br)cc2c1C(C)(C)C. The molecule has 1 heterocycles. The normalized spacial score (nSPS) is 12.6. The molecule has 1 aromatic heterocycles. The molecule has 19 heavy (non-hydrogen) atoms. The van der Waals surface area contributed by atoms with E-state index in [4.69, 9.17) is 4.42 Å². The van der Waals surface area contributed by atoms with Crippen molar-refractivity contribution in [3.8, 4) is 0 Å². The smallest absolute Gasteiger partial charge is 0.134 e. The highest BCUT2D eigenvalue weighted by Gasteiger charge is 2.25. The molecule has 1 nitrogen and oxygen atoms in total. The molecule has 0 radical (unpaired) electrons. The third kappa shape index (κ3) is 3.22. The Bertz CT molecular complexity index is 573. The number of benzene rings is 1. The number of aryl methyl sites for hydroxylation is 1. The molecular weight excluding hydrogens is 300 g/mol. The van der Waals surface area contributed by atoms with Gasteiger partial charge in [-0.15, -0.1) is 0 Å². The molecule has 0 unspecified atom stereocenters. The van der Waals surface area contributed by atoms with E-state index >= 15 is 0 Å². The molecule has 0 atom stereocenters. The van der Waals surface area contributed by atoms with Crippen LogP contribution in [0.2, 0.25) is 0 Å². The van der Waals surface area contributed by atoms with E-state index < -0.39 is 0 Å². The number of furan rings is 1. The van der Waals surface area contributed by atoms with E-state index in [0.717, 1.165) is 22.2 Å². The van der Waals surface area contributed by atoms with Crippen molar-refractivity contribution >= 4 is 26.9 Å². The largest absolute Gasteiger partial charge is 0.461 e. The van der Waals surface area contributed by atoms with Crippen molar-refractivity contribution in [2.45, 2.75) is 52.9 Å². The zero-order valence-corrected chi connectivity index (χ0v) is 14.1. The molecule has 0 saturated carbocycles. The lowest BCUT2D eigenvalue weighted by Crippen LogP contribution is -2.13. The summed E-state index contributed by atoms with van der Waals surface area (Å²) in [5.41, 5.74) is 2.48. The second kappa shape index (κ2) is 5.32. The number of hydrogen-bond donors (Lipinski definition) is 0. The summed E-state index contributed by atoms with van der Waals surface area (Å²) in [6, 6.07) is 6.29. The molecule has 2 heteroatoms. The van der Waals surface area contributed by atoms with E-state index in [2.05, 4.69) is 62.7 Å². The van der Waals surface area contributed by atoms with Crippen LogP contribution in [-0.4, -0.2) is 0 Å². The topological polar surface area (TPSA) is 13.1 Å². The van der Waals surface area contributed by atoms with Crippen LogP contribution in [0, 0.1) is 5.92 Å². The van der Waals surface area contributed by atoms with E-state index in [0.29, 0.717) is 5.92 Å². The zero-order valence-electron chi connectivity index (χ0n) is 12.5. The second-order valence-electron chi connectivity index (χ2n) is 6.72. The van der Waals surface area contributed by atoms with Gasteiger partial charge in [0.15, 0.2) is 0 Å². The Morgan fingerprint density at radius 2 is 1.89 bits per heavy atom. The third-order valence-corrected chi connectivity index (χ3v) is 3.91. The fourth-order valence-electron chi connectivity index (χ4n) is 2.54. The Morgan fingerprint density at radius 1 is 1.21 bits per heavy atom. The molecular formula is C17H23BrO. The van der Waals surface area contributed by atoms with Crippen molar-refractivity contribution in [1.29, 1.82) is 0 Å². The van der Waals surface area contributed by atoms with E-state index in [9.17, 15) is 0 Å². The van der Waals surface area contributed by atoms with Gasteiger partial charge in [-0.1, -0.05) is 50.5 Å². The van der Waals surface area contributed by atoms with Crippen LogP contribution in [0.25, 0.3) is 11.0 Å². The molecule has 0 amide bonds. The van der Waals surface area contributed by atoms with Gasteiger partial charge in [0.25, 0.3) is 0 Å². The maximum atomic E-state index is 6.11. The fourth-order valence-corrected chi connectivity index (χ4v) is 2.90. The minimum absolute atomic E-state index is 0.109. The van der Waals surface area contributed by atoms with E-state index in [1.807, 2.05) is 6.07 Å². The van der Waals surface area contributed by atoms with Gasteiger partial charge in [-0.2, -0.15) is 0 Å². The van der Waals surface area contributed by atoms with Gasteiger partial charge < -0.3 is 4.42 Å². The fraction of sp³-hybridized carbons (Fsp3) is 0.529. The van der Waals surface area contributed by atoms with Crippen molar-refractivity contribution in [2.24, 2.45) is 5.92 Å². The van der Waals surface area contributed by atoms with Crippen LogP contribution in [0.1, 0.15) is 52.4 Å². The first-order chi connectivity index (χ1) is 8.79. The lowest BCUT2D eigenvalue weighted by Gasteiger charge is -2.19. The van der Waals surface area contributed by atoms with Crippen LogP contribution in [0.4, 0.5) is 0 Å². The van der Waals surface area contributed by atoms with Gasteiger partial charge in [0.05, 0.1) is 0 Å². The Kier molecular flexibility index (Phi) is 4.10. The quantitative estimate of drug-likeness (QED) is 0.667. The Balaban J connectivity index is 2.56. The Labute approximate surface area is 124 Å². The molecule has 0 fully saturated rings. The number of halogens is 1. The lowest BCUT2D eigenvalue weighted by molar-refractivity contribution is 0.475. The van der Waals surface area contributed by atoms with Crippen molar-refractivity contribution in [1.82, 2.24) is 0 Å². The lowest BCUT2D eigenvalue weighted by atomic mass is 9.83. The van der Waals surface area contributed by atoms with Gasteiger partial charge in [-0.05, 0) is 36.0 Å². The molecule has 0 saturated heterocycles. The van der Waals surface area contributed by atoms with Crippen molar-refractivity contribution in [3.63, 3.8) is 0 Å². The molecule has 1 aromatic carbocycles. The van der Waals surface area contributed by atoms with Crippen LogP contribution in [-0.2, 0) is 11.8 Å². The molecule has 2 rings (SSSR count). The summed E-state index contributed by atoms with van der Waals surface area (Å²) in [7, 11) is 0. The summed E-state index contributed by atoms with van der Waals surface area (Å²) in [4.78, 5) is 0. The monoisotopic (exact) mass is 322 g/mol. The van der Waals surface area contributed by atoms with Crippen LogP contribution in [0.5, 0.6) is 0 Å². The first-order valence-corrected chi connectivity index (χ1v) is 7.79. The highest BCUT2D eigenvalue weighted by molar-refractivity contribution is 9.10. The standard InChI is InChI=1S/C17H23BrO/c1-11(2)6-8-15-16(17(3,4)5)13-10-12(18)7-9-14(13)19-15/h7,9-11H,6,8H2,1-5H3. The number of fused-ring (bicyclic) bond motifs is 1. The maximum Gasteiger partial charge on any atom is 0.134 e. The van der Waals surface area contributed by atoms with E-state index in [-0.39, 0.29) is 5.41 Å². The number of rotatable bonds is 3. The molecule has 104 valence electrons. The predicted molar refractivity (Wildman–Crippen MR) is 85.8 cm³/mol. The average Bonchev–Trinajstić information content (AvgIpc) is 2.63. The van der Waals surface area contributed by atoms with Gasteiger partial charge in [-0.25, -0.2) is 0 Å². The number of hydrogen-bond acceptors (Lipinski definition) is 1. The van der Waals surface area contributed by atoms with Crippen molar-refractivity contribution < 1.29 is 4.42 Å². The highest BCUT2D eigenvalue weighted by atomic mass is 79.9. The first-order valence-electron chi connectivity index (χ1n) is 7.00. The Morgan fingerprint density at radius 3 is 2.47 bits per heavy atom. The summed E-state index contributed by atoms with van der Waals surface area (Å²) in [6.45, 7) is 11.3. The van der Waals surface area contributed by atoms with Crippen LogP contribution in [0.3, 0.4) is 0 Å². The first kappa shape index (κ1) is 14.6. The third-order valence-electron chi connectivity index (χ3n) is 3.42. The second-order valence-corrected chi connectivity index (χ2v) is 7.64. The molecule has 0 spiro atoms. The molecule has 2 aromatic rings. The van der Waals surface area contributed by atoms with Crippen molar-refractivity contribution in [3.05, 3.63) is 34.0 Å². The summed E-state index contributed by atoms with van der Waals surface area (Å²) in [5.74, 6) is 1.86. The van der Waals surface area contributed by atoms with Crippen molar-refractivity contribution in [2.75, 3.05) is 0 Å². The maximum absolute atomic E-state index is 6.11. The van der Waals surface area contributed by atoms with E-state index in [1.54, 1.807) is 0 Å². The van der Waals surface area contributed by atoms with Gasteiger partial charge in [0.1, 0.15) is 11.3 Å². The van der Waals surface area contributed by atoms with Crippen LogP contribution >= 0.6 is 15.9 Å². The predicted octanol–water partition coefficient (Wildman–Crippen LogP) is 6.08. The molecule has 0 aliphatic carbocycles. The van der Waals surface area contributed by atoms with Gasteiger partial charge in [0, 0.05) is 21.8 Å². The average molecular weight is 323 g/mol. The molecule has 0 N–H and O–H groups in total. The summed E-state index contributed by atoms with van der Waals surface area (Å²) >= 11 is 3.56. The minimum Gasteiger partial charge on any atom is -0.461 e. The molecule has 0 aliphatic heterocycles. The zero-order chi connectivity index (χ0) is 14.2. The van der Waals surface area contributed by atoms with Crippen LogP contribution in [0.15, 0.2) is 27.1 Å². The Hall–Kier alpha value is -0.760. The summed E-state index contributed by atoms with van der Waals surface area (Å²) in [6.07, 6.45) is 2.20. The molecule has 0 bridgehead atoms. The van der Waals surface area contributed by atoms with Crippen LogP contribution < -0.4 is 0 Å².